The van der Waals surface area contributed by atoms with Crippen LogP contribution in [-0.2, 0) is 12.8 Å². The molecule has 0 saturated carbocycles. The van der Waals surface area contributed by atoms with E-state index in [9.17, 15) is 0 Å². The fourth-order valence-electron chi connectivity index (χ4n) is 2.23. The largest absolute Gasteiger partial charge is 0.0758 e. The quantitative estimate of drug-likeness (QED) is 0.629. The fraction of sp³-hybridized carbons (Fsp3) is 0.167. The molecule has 0 amide bonds. The minimum Gasteiger partial charge on any atom is -0.0758 e. The Labute approximate surface area is 145 Å². The Morgan fingerprint density at radius 1 is 0.583 bits per heavy atom. The molecular weight excluding hydrogens is 288 g/mol. The van der Waals surface area contributed by atoms with E-state index in [1.165, 1.54) is 11.1 Å². The van der Waals surface area contributed by atoms with E-state index in [-0.39, 0.29) is 0 Å². The monoisotopic (exact) mass is 310 g/mol. The van der Waals surface area contributed by atoms with Crippen LogP contribution in [0.3, 0.4) is 0 Å². The van der Waals surface area contributed by atoms with Crippen LogP contribution in [0.2, 0.25) is 0 Å². The highest BCUT2D eigenvalue weighted by molar-refractivity contribution is 5.34. The molecule has 118 valence electrons. The average Bonchev–Trinajstić information content (AvgIpc) is 2.64. The van der Waals surface area contributed by atoms with Gasteiger partial charge in [-0.05, 0) is 60.8 Å². The molecule has 0 heteroatoms. The molecule has 0 spiro atoms. The maximum absolute atomic E-state index is 2.95. The van der Waals surface area contributed by atoms with Gasteiger partial charge < -0.3 is 0 Å². The normalized spacial score (nSPS) is 10.2. The molecule has 0 aliphatic carbocycles. The molecule has 0 nitrogen and oxygen atoms in total. The van der Waals surface area contributed by atoms with E-state index >= 15 is 0 Å². The molecule has 0 heterocycles. The Morgan fingerprint density at radius 3 is 1.42 bits per heavy atom. The molecule has 0 N–H and O–H groups in total. The number of hydrogen-bond donors (Lipinski definition) is 0. The van der Waals surface area contributed by atoms with Crippen molar-refractivity contribution in [2.45, 2.75) is 25.7 Å². The van der Waals surface area contributed by atoms with Crippen molar-refractivity contribution in [2.24, 2.45) is 0 Å². The van der Waals surface area contributed by atoms with Gasteiger partial charge in [-0.1, -0.05) is 84.7 Å². The summed E-state index contributed by atoms with van der Waals surface area (Å²) in [5.74, 6) is 11.6. The van der Waals surface area contributed by atoms with Gasteiger partial charge in [-0.2, -0.15) is 0 Å². The van der Waals surface area contributed by atoms with Crippen molar-refractivity contribution in [1.29, 1.82) is 0 Å². The molecular formula is C24H22. The smallest absolute Gasteiger partial charge is 0.0102 e. The second-order valence-corrected chi connectivity index (χ2v) is 5.39. The maximum atomic E-state index is 2.95. The molecule has 0 aliphatic rings. The maximum Gasteiger partial charge on any atom is -0.0102 e. The first kappa shape index (κ1) is 17.4. The van der Waals surface area contributed by atoms with Crippen LogP contribution in [-0.4, -0.2) is 0 Å². The van der Waals surface area contributed by atoms with Crippen molar-refractivity contribution >= 4 is 0 Å². The zero-order valence-corrected chi connectivity index (χ0v) is 13.9. The summed E-state index contributed by atoms with van der Waals surface area (Å²) in [4.78, 5) is 0. The molecule has 2 rings (SSSR count). The number of benzene rings is 2. The van der Waals surface area contributed by atoms with Gasteiger partial charge in [-0.15, -0.1) is 0 Å². The van der Waals surface area contributed by atoms with Gasteiger partial charge in [0.1, 0.15) is 0 Å². The van der Waals surface area contributed by atoms with Crippen LogP contribution in [0.25, 0.3) is 0 Å². The summed E-state index contributed by atoms with van der Waals surface area (Å²) in [7, 11) is 0. The standard InChI is InChI=1S/C24H22/c1(3-5-7-11-17-23-19-13-9-14-20-23)2-4-6-8-12-18-24-21-15-10-16-22-24/h5-10,13-16,19-22H,11-12,17-18H2/b7-5+,8-6+. The van der Waals surface area contributed by atoms with Gasteiger partial charge in [0.25, 0.3) is 0 Å². The van der Waals surface area contributed by atoms with Gasteiger partial charge in [0, 0.05) is 0 Å². The first-order chi connectivity index (χ1) is 11.9. The molecule has 2 aromatic carbocycles. The summed E-state index contributed by atoms with van der Waals surface area (Å²) in [5, 5.41) is 0. The lowest BCUT2D eigenvalue weighted by atomic mass is 10.1. The predicted octanol–water partition coefficient (Wildman–Crippen LogP) is 5.37. The van der Waals surface area contributed by atoms with Crippen LogP contribution >= 0.6 is 0 Å². The highest BCUT2D eigenvalue weighted by Gasteiger charge is 1.87. The Balaban J connectivity index is 1.60. The van der Waals surface area contributed by atoms with Crippen LogP contribution in [0, 0.1) is 23.7 Å². The van der Waals surface area contributed by atoms with E-state index < -0.39 is 0 Å². The SMILES string of the molecule is C(C#C/C=C/CCc1ccccc1)#C/C=C/CCc1ccccc1. The number of rotatable bonds is 6. The Morgan fingerprint density at radius 2 is 1.00 bits per heavy atom. The fourth-order valence-corrected chi connectivity index (χ4v) is 2.23. The second-order valence-electron chi connectivity index (χ2n) is 5.39. The van der Waals surface area contributed by atoms with Gasteiger partial charge in [-0.3, -0.25) is 0 Å². The number of aryl methyl sites for hydroxylation is 2. The van der Waals surface area contributed by atoms with Crippen molar-refractivity contribution in [1.82, 2.24) is 0 Å². The molecule has 0 bridgehead atoms. The van der Waals surface area contributed by atoms with E-state index in [1.807, 2.05) is 24.3 Å². The van der Waals surface area contributed by atoms with Crippen molar-refractivity contribution in [2.75, 3.05) is 0 Å². The third-order valence-electron chi connectivity index (χ3n) is 3.49. The molecule has 0 aromatic heterocycles. The molecule has 0 fully saturated rings. The molecule has 0 atom stereocenters. The lowest BCUT2D eigenvalue weighted by molar-refractivity contribution is 1.00. The van der Waals surface area contributed by atoms with Gasteiger partial charge in [0.15, 0.2) is 0 Å². The van der Waals surface area contributed by atoms with Crippen LogP contribution in [0.4, 0.5) is 0 Å². The lowest BCUT2D eigenvalue weighted by Crippen LogP contribution is -1.80. The van der Waals surface area contributed by atoms with Gasteiger partial charge >= 0.3 is 0 Å². The van der Waals surface area contributed by atoms with Crippen LogP contribution < -0.4 is 0 Å². The minimum atomic E-state index is 1.01. The van der Waals surface area contributed by atoms with Crippen molar-refractivity contribution in [3.8, 4) is 23.7 Å². The van der Waals surface area contributed by atoms with E-state index in [4.69, 9.17) is 0 Å². The molecule has 24 heavy (non-hydrogen) atoms. The van der Waals surface area contributed by atoms with Gasteiger partial charge in [-0.25, -0.2) is 0 Å². The number of allylic oxidation sites excluding steroid dienone is 4. The summed E-state index contributed by atoms with van der Waals surface area (Å²) in [6.07, 6.45) is 12.1. The van der Waals surface area contributed by atoms with Crippen LogP contribution in [0.15, 0.2) is 85.0 Å². The van der Waals surface area contributed by atoms with Crippen molar-refractivity contribution in [3.63, 3.8) is 0 Å². The first-order valence-corrected chi connectivity index (χ1v) is 8.34. The highest BCUT2D eigenvalue weighted by Crippen LogP contribution is 2.03. The lowest BCUT2D eigenvalue weighted by Gasteiger charge is -1.95. The second kappa shape index (κ2) is 11.6. The highest BCUT2D eigenvalue weighted by atomic mass is 13.9. The van der Waals surface area contributed by atoms with Crippen molar-refractivity contribution in [3.05, 3.63) is 96.1 Å². The van der Waals surface area contributed by atoms with Crippen LogP contribution in [0.1, 0.15) is 24.0 Å². The molecule has 0 radical (unpaired) electrons. The summed E-state index contributed by atoms with van der Waals surface area (Å²) in [5.41, 5.74) is 2.71. The van der Waals surface area contributed by atoms with Gasteiger partial charge in [0.05, 0.1) is 0 Å². The predicted molar refractivity (Wildman–Crippen MR) is 103 cm³/mol. The molecule has 2 aromatic rings. The molecule has 0 aliphatic heterocycles. The number of hydrogen-bond acceptors (Lipinski definition) is 0. The Bertz CT molecular complexity index is 687. The summed E-state index contributed by atoms with van der Waals surface area (Å²) >= 11 is 0. The molecule has 0 saturated heterocycles. The zero-order valence-electron chi connectivity index (χ0n) is 13.9. The summed E-state index contributed by atoms with van der Waals surface area (Å²) < 4.78 is 0. The first-order valence-electron chi connectivity index (χ1n) is 8.34. The van der Waals surface area contributed by atoms with Gasteiger partial charge in [0.2, 0.25) is 0 Å². The average molecular weight is 310 g/mol. The van der Waals surface area contributed by atoms with E-state index in [2.05, 4.69) is 84.4 Å². The summed E-state index contributed by atoms with van der Waals surface area (Å²) in [6, 6.07) is 21.0. The summed E-state index contributed by atoms with van der Waals surface area (Å²) in [6.45, 7) is 0. The van der Waals surface area contributed by atoms with E-state index in [1.54, 1.807) is 0 Å². The Hall–Kier alpha value is -2.96. The van der Waals surface area contributed by atoms with E-state index in [0.29, 0.717) is 0 Å². The Kier molecular flexibility index (Phi) is 8.40. The van der Waals surface area contributed by atoms with Crippen LogP contribution in [0.5, 0.6) is 0 Å². The van der Waals surface area contributed by atoms with Crippen molar-refractivity contribution < 1.29 is 0 Å². The molecule has 0 unspecified atom stereocenters. The third kappa shape index (κ3) is 7.88. The van der Waals surface area contributed by atoms with E-state index in [0.717, 1.165) is 25.7 Å². The minimum absolute atomic E-state index is 1.01. The zero-order chi connectivity index (χ0) is 16.7. The third-order valence-corrected chi connectivity index (χ3v) is 3.49. The topological polar surface area (TPSA) is 0 Å².